The SMILES string of the molecule is Cc1cc(F)cc(C2(C(C)(C)C)CCCN2)c1. The van der Waals surface area contributed by atoms with Gasteiger partial charge in [0, 0.05) is 5.54 Å². The molecule has 1 aliphatic rings. The van der Waals surface area contributed by atoms with Crippen molar-refractivity contribution < 1.29 is 4.39 Å². The first-order valence-corrected chi connectivity index (χ1v) is 6.38. The van der Waals surface area contributed by atoms with E-state index < -0.39 is 0 Å². The lowest BCUT2D eigenvalue weighted by Gasteiger charge is -2.43. The van der Waals surface area contributed by atoms with E-state index in [1.807, 2.05) is 6.92 Å². The summed E-state index contributed by atoms with van der Waals surface area (Å²) < 4.78 is 13.6. The highest BCUT2D eigenvalue weighted by molar-refractivity contribution is 5.32. The van der Waals surface area contributed by atoms with Gasteiger partial charge < -0.3 is 5.32 Å². The van der Waals surface area contributed by atoms with E-state index in [0.717, 1.165) is 30.5 Å². The molecule has 1 aromatic rings. The second-order valence-corrected chi connectivity index (χ2v) is 6.20. The number of hydrogen-bond donors (Lipinski definition) is 1. The zero-order valence-electron chi connectivity index (χ0n) is 11.2. The molecule has 17 heavy (non-hydrogen) atoms. The third kappa shape index (κ3) is 2.11. The Morgan fingerprint density at radius 1 is 1.24 bits per heavy atom. The largest absolute Gasteiger partial charge is 0.307 e. The minimum atomic E-state index is -0.127. The summed E-state index contributed by atoms with van der Waals surface area (Å²) in [6.07, 6.45) is 2.24. The molecule has 0 aliphatic carbocycles. The summed E-state index contributed by atoms with van der Waals surface area (Å²) in [6, 6.07) is 5.40. The fourth-order valence-corrected chi connectivity index (χ4v) is 3.05. The number of halogens is 1. The third-order valence-corrected chi connectivity index (χ3v) is 3.97. The van der Waals surface area contributed by atoms with Gasteiger partial charge in [0.2, 0.25) is 0 Å². The Hall–Kier alpha value is -0.890. The summed E-state index contributed by atoms with van der Waals surface area (Å²) in [5.74, 6) is -0.127. The minimum Gasteiger partial charge on any atom is -0.307 e. The van der Waals surface area contributed by atoms with E-state index in [-0.39, 0.29) is 16.8 Å². The van der Waals surface area contributed by atoms with Crippen molar-refractivity contribution in [3.8, 4) is 0 Å². The highest BCUT2D eigenvalue weighted by atomic mass is 19.1. The molecule has 1 fully saturated rings. The summed E-state index contributed by atoms with van der Waals surface area (Å²) in [5.41, 5.74) is 2.10. The Bertz CT molecular complexity index is 391. The predicted octanol–water partition coefficient (Wildman–Crippen LogP) is 3.76. The van der Waals surface area contributed by atoms with Gasteiger partial charge in [0.25, 0.3) is 0 Å². The van der Waals surface area contributed by atoms with Crippen molar-refractivity contribution in [2.24, 2.45) is 5.41 Å². The molecule has 2 rings (SSSR count). The second-order valence-electron chi connectivity index (χ2n) is 6.20. The van der Waals surface area contributed by atoms with Gasteiger partial charge in [-0.05, 0) is 55.0 Å². The van der Waals surface area contributed by atoms with Crippen LogP contribution in [0.4, 0.5) is 4.39 Å². The van der Waals surface area contributed by atoms with E-state index in [0.29, 0.717) is 0 Å². The van der Waals surface area contributed by atoms with Gasteiger partial charge in [0.05, 0.1) is 0 Å². The maximum Gasteiger partial charge on any atom is 0.123 e. The quantitative estimate of drug-likeness (QED) is 0.781. The van der Waals surface area contributed by atoms with Crippen molar-refractivity contribution >= 4 is 0 Å². The number of nitrogens with one attached hydrogen (secondary N) is 1. The van der Waals surface area contributed by atoms with Crippen molar-refractivity contribution in [1.29, 1.82) is 0 Å². The van der Waals surface area contributed by atoms with E-state index in [9.17, 15) is 4.39 Å². The number of aryl methyl sites for hydroxylation is 1. The first-order chi connectivity index (χ1) is 7.85. The summed E-state index contributed by atoms with van der Waals surface area (Å²) in [5, 5.41) is 3.61. The fourth-order valence-electron chi connectivity index (χ4n) is 3.05. The molecule has 1 unspecified atom stereocenters. The molecule has 0 spiro atoms. The van der Waals surface area contributed by atoms with Crippen LogP contribution in [0.5, 0.6) is 0 Å². The van der Waals surface area contributed by atoms with E-state index in [1.165, 1.54) is 0 Å². The van der Waals surface area contributed by atoms with Crippen LogP contribution in [0.15, 0.2) is 18.2 Å². The Kier molecular flexibility index (Phi) is 3.03. The Labute approximate surface area is 103 Å². The van der Waals surface area contributed by atoms with Gasteiger partial charge >= 0.3 is 0 Å². The van der Waals surface area contributed by atoms with Gasteiger partial charge in [-0.1, -0.05) is 26.8 Å². The first-order valence-electron chi connectivity index (χ1n) is 6.38. The summed E-state index contributed by atoms with van der Waals surface area (Å²) >= 11 is 0. The molecule has 2 heteroatoms. The smallest absolute Gasteiger partial charge is 0.123 e. The van der Waals surface area contributed by atoms with Crippen LogP contribution >= 0.6 is 0 Å². The van der Waals surface area contributed by atoms with Crippen LogP contribution < -0.4 is 5.32 Å². The molecule has 1 aliphatic heterocycles. The molecule has 1 atom stereocenters. The van der Waals surface area contributed by atoms with Gasteiger partial charge in [0.15, 0.2) is 0 Å². The van der Waals surface area contributed by atoms with Crippen molar-refractivity contribution in [2.75, 3.05) is 6.54 Å². The van der Waals surface area contributed by atoms with Crippen LogP contribution in [0, 0.1) is 18.2 Å². The second kappa shape index (κ2) is 4.09. The normalized spacial score (nSPS) is 25.2. The average Bonchev–Trinajstić information content (AvgIpc) is 2.64. The lowest BCUT2D eigenvalue weighted by Crippen LogP contribution is -2.48. The number of benzene rings is 1. The van der Waals surface area contributed by atoms with Crippen LogP contribution in [0.3, 0.4) is 0 Å². The molecule has 1 saturated heterocycles. The molecule has 94 valence electrons. The molecule has 0 saturated carbocycles. The maximum atomic E-state index is 13.6. The molecule has 0 aromatic heterocycles. The van der Waals surface area contributed by atoms with Crippen molar-refractivity contribution in [2.45, 2.75) is 46.1 Å². The highest BCUT2D eigenvalue weighted by Crippen LogP contribution is 2.45. The Balaban J connectivity index is 2.53. The van der Waals surface area contributed by atoms with E-state index in [4.69, 9.17) is 0 Å². The fraction of sp³-hybridized carbons (Fsp3) is 0.600. The third-order valence-electron chi connectivity index (χ3n) is 3.97. The zero-order valence-corrected chi connectivity index (χ0v) is 11.2. The molecular formula is C15H22FN. The number of rotatable bonds is 1. The van der Waals surface area contributed by atoms with Crippen molar-refractivity contribution in [1.82, 2.24) is 5.32 Å². The van der Waals surface area contributed by atoms with Crippen molar-refractivity contribution in [3.05, 3.63) is 35.1 Å². The van der Waals surface area contributed by atoms with Gasteiger partial charge in [0.1, 0.15) is 5.82 Å². The average molecular weight is 235 g/mol. The van der Waals surface area contributed by atoms with Gasteiger partial charge in [-0.25, -0.2) is 4.39 Å². The minimum absolute atomic E-state index is 0.0835. The predicted molar refractivity (Wildman–Crippen MR) is 69.5 cm³/mol. The molecule has 1 nitrogen and oxygen atoms in total. The summed E-state index contributed by atoms with van der Waals surface area (Å²) in [6.45, 7) is 9.66. The Morgan fingerprint density at radius 3 is 2.41 bits per heavy atom. The topological polar surface area (TPSA) is 12.0 Å². The molecular weight excluding hydrogens is 213 g/mol. The van der Waals surface area contributed by atoms with E-state index in [2.05, 4.69) is 32.2 Å². The Morgan fingerprint density at radius 2 is 1.94 bits per heavy atom. The highest BCUT2D eigenvalue weighted by Gasteiger charge is 2.45. The van der Waals surface area contributed by atoms with Crippen LogP contribution in [-0.2, 0) is 5.54 Å². The molecule has 1 N–H and O–H groups in total. The molecule has 0 radical (unpaired) electrons. The molecule has 0 bridgehead atoms. The van der Waals surface area contributed by atoms with Crippen LogP contribution in [0.25, 0.3) is 0 Å². The van der Waals surface area contributed by atoms with Crippen LogP contribution in [-0.4, -0.2) is 6.54 Å². The van der Waals surface area contributed by atoms with Gasteiger partial charge in [-0.2, -0.15) is 0 Å². The molecule has 0 amide bonds. The van der Waals surface area contributed by atoms with Gasteiger partial charge in [-0.15, -0.1) is 0 Å². The standard InChI is InChI=1S/C15H22FN/c1-11-8-12(10-13(16)9-11)15(14(2,3)4)6-5-7-17-15/h8-10,17H,5-7H2,1-4H3. The molecule has 1 heterocycles. The lowest BCUT2D eigenvalue weighted by atomic mass is 9.68. The maximum absolute atomic E-state index is 13.6. The first kappa shape index (κ1) is 12.6. The monoisotopic (exact) mass is 235 g/mol. The number of hydrogen-bond acceptors (Lipinski definition) is 1. The van der Waals surface area contributed by atoms with E-state index in [1.54, 1.807) is 12.1 Å². The summed E-state index contributed by atoms with van der Waals surface area (Å²) in [4.78, 5) is 0. The van der Waals surface area contributed by atoms with Gasteiger partial charge in [-0.3, -0.25) is 0 Å². The van der Waals surface area contributed by atoms with Crippen LogP contribution in [0.1, 0.15) is 44.7 Å². The zero-order chi connectivity index (χ0) is 12.7. The van der Waals surface area contributed by atoms with E-state index >= 15 is 0 Å². The van der Waals surface area contributed by atoms with Crippen molar-refractivity contribution in [3.63, 3.8) is 0 Å². The summed E-state index contributed by atoms with van der Waals surface area (Å²) in [7, 11) is 0. The lowest BCUT2D eigenvalue weighted by molar-refractivity contribution is 0.160. The van der Waals surface area contributed by atoms with Crippen LogP contribution in [0.2, 0.25) is 0 Å². The molecule has 1 aromatic carbocycles.